The van der Waals surface area contributed by atoms with Gasteiger partial charge in [0.1, 0.15) is 0 Å². The summed E-state index contributed by atoms with van der Waals surface area (Å²) in [5.74, 6) is 1.78. The smallest absolute Gasteiger partial charge is 0.0178 e. The quantitative estimate of drug-likeness (QED) is 0.115. The Morgan fingerprint density at radius 3 is 1.23 bits per heavy atom. The van der Waals surface area contributed by atoms with Crippen molar-refractivity contribution in [2.24, 2.45) is 11.8 Å². The van der Waals surface area contributed by atoms with Gasteiger partial charge in [0.15, 0.2) is 0 Å². The SMILES string of the molecule is C[Si](C)=[Zr+2].Cc1ccc(-c2ccc3ccccc3c2)c2cc(CC3CCCCC3)[cH-]c12.Cc1ccc(-c2ccc3ccccc3c2)c2cc(CC3CCCCC3)[cH-]c12.[Cl-].[Cl-]. The van der Waals surface area contributed by atoms with Crippen LogP contribution in [0.4, 0.5) is 0 Å². The minimum atomic E-state index is 0. The molecule has 0 unspecified atom stereocenters. The van der Waals surface area contributed by atoms with Gasteiger partial charge in [-0.1, -0.05) is 174 Å². The van der Waals surface area contributed by atoms with E-state index in [1.165, 1.54) is 165 Å². The van der Waals surface area contributed by atoms with E-state index in [9.17, 15) is 0 Å². The first-order valence-electron chi connectivity index (χ1n) is 22.2. The average molecular weight is 923 g/mol. The molecule has 2 aliphatic rings. The molecule has 4 heteroatoms. The summed E-state index contributed by atoms with van der Waals surface area (Å²) in [4.78, 5) is 0. The van der Waals surface area contributed by atoms with Crippen molar-refractivity contribution < 1.29 is 48.1 Å². The van der Waals surface area contributed by atoms with Crippen molar-refractivity contribution in [1.82, 2.24) is 0 Å². The van der Waals surface area contributed by atoms with Crippen LogP contribution in [0.2, 0.25) is 13.1 Å². The second-order valence-corrected chi connectivity index (χ2v) is 27.2. The van der Waals surface area contributed by atoms with Gasteiger partial charge in [-0.3, -0.25) is 0 Å². The molecule has 10 rings (SSSR count). The van der Waals surface area contributed by atoms with Gasteiger partial charge < -0.3 is 24.8 Å². The molecule has 60 heavy (non-hydrogen) atoms. The molecule has 0 radical (unpaired) electrons. The average Bonchev–Trinajstić information content (AvgIpc) is 3.87. The number of fused-ring (bicyclic) bond motifs is 4. The Morgan fingerprint density at radius 2 is 0.850 bits per heavy atom. The molecular formula is C56H60Cl2SiZr-2. The zero-order valence-corrected chi connectivity index (χ0v) is 41.1. The molecule has 0 atom stereocenters. The standard InChI is InChI=1S/2C27H27.C2H6Si.2ClH.Zr/c2*1-19-11-14-25(24-13-12-22-9-5-6-10-23(22)18-24)27-17-21(16-26(19)27)15-20-7-3-2-4-8-20;1-3-2;;;/h2*5-6,9-14,16-18,20H,2-4,7-8,15H2,1H3;1-2H3;2*1H;/q2*-1;;;;+2/p-2. The van der Waals surface area contributed by atoms with E-state index in [0.717, 1.165) is 11.8 Å². The van der Waals surface area contributed by atoms with Gasteiger partial charge >= 0.3 is 41.9 Å². The summed E-state index contributed by atoms with van der Waals surface area (Å²) in [6, 6.07) is 50.1. The van der Waals surface area contributed by atoms with Crippen LogP contribution in [-0.2, 0) is 36.2 Å². The molecule has 0 spiro atoms. The number of hydrogen-bond acceptors (Lipinski definition) is 0. The Morgan fingerprint density at radius 1 is 0.483 bits per heavy atom. The van der Waals surface area contributed by atoms with Crippen LogP contribution in [0.1, 0.15) is 86.5 Å². The van der Waals surface area contributed by atoms with Crippen LogP contribution in [0.3, 0.4) is 0 Å². The predicted molar refractivity (Wildman–Crippen MR) is 252 cm³/mol. The minimum Gasteiger partial charge on any atom is -1.00 e. The van der Waals surface area contributed by atoms with E-state index in [0.29, 0.717) is 0 Å². The molecule has 0 heterocycles. The third-order valence-corrected chi connectivity index (χ3v) is 12.9. The first-order chi connectivity index (χ1) is 28.3. The van der Waals surface area contributed by atoms with Crippen LogP contribution in [0.5, 0.6) is 0 Å². The molecule has 8 aromatic rings. The van der Waals surface area contributed by atoms with Gasteiger partial charge in [0.25, 0.3) is 0 Å². The van der Waals surface area contributed by atoms with E-state index in [-0.39, 0.29) is 30.2 Å². The summed E-state index contributed by atoms with van der Waals surface area (Å²) in [6.45, 7) is 9.11. The van der Waals surface area contributed by atoms with Crippen molar-refractivity contribution in [2.45, 2.75) is 104 Å². The predicted octanol–water partition coefficient (Wildman–Crippen LogP) is 10.4. The number of benzene rings is 6. The molecule has 308 valence electrons. The van der Waals surface area contributed by atoms with Crippen LogP contribution >= 0.6 is 0 Å². The largest absolute Gasteiger partial charge is 1.00 e. The Balaban J connectivity index is 0.000000179. The van der Waals surface area contributed by atoms with E-state index in [2.05, 4.69) is 160 Å². The summed E-state index contributed by atoms with van der Waals surface area (Å²) < 4.78 is 0. The topological polar surface area (TPSA) is 0 Å². The maximum Gasteiger partial charge on any atom is -0.0178 e. The van der Waals surface area contributed by atoms with E-state index in [4.69, 9.17) is 0 Å². The van der Waals surface area contributed by atoms with Crippen molar-refractivity contribution in [1.29, 1.82) is 0 Å². The van der Waals surface area contributed by atoms with Gasteiger partial charge in [0, 0.05) is 0 Å². The molecule has 0 nitrogen and oxygen atoms in total. The Bertz CT molecular complexity index is 2490. The maximum absolute atomic E-state index is 2.47. The number of aryl methyl sites for hydroxylation is 2. The number of rotatable bonds is 6. The van der Waals surface area contributed by atoms with Gasteiger partial charge in [-0.15, -0.1) is 68.1 Å². The first-order valence-corrected chi connectivity index (χ1v) is 28.4. The van der Waals surface area contributed by atoms with E-state index < -0.39 is 0 Å². The summed E-state index contributed by atoms with van der Waals surface area (Å²) >= 11 is 1.74. The van der Waals surface area contributed by atoms with E-state index >= 15 is 0 Å². The van der Waals surface area contributed by atoms with Gasteiger partial charge in [-0.05, 0) is 69.5 Å². The van der Waals surface area contributed by atoms with Crippen LogP contribution in [-0.4, -0.2) is 5.43 Å². The normalized spacial score (nSPS) is 14.5. The number of hydrogen-bond donors (Lipinski definition) is 0. The fraction of sp³-hybridized carbons (Fsp3) is 0.321. The van der Waals surface area contributed by atoms with Gasteiger partial charge in [-0.25, -0.2) is 0 Å². The van der Waals surface area contributed by atoms with Crippen molar-refractivity contribution in [3.8, 4) is 22.3 Å². The van der Waals surface area contributed by atoms with E-state index in [1.54, 1.807) is 23.3 Å². The molecular weight excluding hydrogens is 863 g/mol. The molecule has 0 N–H and O–H groups in total. The maximum atomic E-state index is 2.47. The van der Waals surface area contributed by atoms with Crippen LogP contribution in [0.25, 0.3) is 65.3 Å². The summed E-state index contributed by atoms with van der Waals surface area (Å²) in [6.07, 6.45) is 16.7. The molecule has 0 bridgehead atoms. The number of halogens is 2. The molecule has 0 saturated heterocycles. The molecule has 2 saturated carbocycles. The molecule has 2 aliphatic carbocycles. The van der Waals surface area contributed by atoms with Crippen molar-refractivity contribution in [2.75, 3.05) is 0 Å². The minimum absolute atomic E-state index is 0. The van der Waals surface area contributed by atoms with Crippen LogP contribution in [0.15, 0.2) is 133 Å². The summed E-state index contributed by atoms with van der Waals surface area (Å²) in [5, 5.41) is 11.0. The van der Waals surface area contributed by atoms with Gasteiger partial charge in [0.2, 0.25) is 0 Å². The zero-order chi connectivity index (χ0) is 40.0. The van der Waals surface area contributed by atoms with Crippen molar-refractivity contribution in [3.63, 3.8) is 0 Å². The first kappa shape index (κ1) is 46.2. The van der Waals surface area contributed by atoms with Gasteiger partial charge in [-0.2, -0.15) is 12.1 Å². The Labute approximate surface area is 387 Å². The van der Waals surface area contributed by atoms with Gasteiger partial charge in [0.05, 0.1) is 0 Å². The molecule has 0 amide bonds. The second-order valence-electron chi connectivity index (χ2n) is 17.8. The van der Waals surface area contributed by atoms with Crippen molar-refractivity contribution >= 4 is 48.5 Å². The summed E-state index contributed by atoms with van der Waals surface area (Å²) in [5.41, 5.74) is 11.5. The van der Waals surface area contributed by atoms with Crippen LogP contribution in [0, 0.1) is 25.7 Å². The summed E-state index contributed by atoms with van der Waals surface area (Å²) in [7, 11) is 0. The molecule has 0 aromatic heterocycles. The second kappa shape index (κ2) is 21.7. The van der Waals surface area contributed by atoms with Crippen LogP contribution < -0.4 is 24.8 Å². The Hall–Kier alpha value is -3.26. The zero-order valence-electron chi connectivity index (χ0n) is 36.1. The Kier molecular flexibility index (Phi) is 16.7. The third kappa shape index (κ3) is 11.2. The third-order valence-electron chi connectivity index (χ3n) is 12.9. The van der Waals surface area contributed by atoms with Crippen molar-refractivity contribution in [3.05, 3.63) is 156 Å². The molecule has 8 aromatic carbocycles. The molecule has 2 fully saturated rings. The monoisotopic (exact) mass is 920 g/mol. The van der Waals surface area contributed by atoms with E-state index in [1.807, 2.05) is 0 Å². The fourth-order valence-electron chi connectivity index (χ4n) is 9.91. The molecule has 0 aliphatic heterocycles. The fourth-order valence-corrected chi connectivity index (χ4v) is 9.91.